The molecule has 0 spiro atoms. The fourth-order valence-electron chi connectivity index (χ4n) is 3.20. The Kier molecular flexibility index (Phi) is 2.19. The highest BCUT2D eigenvalue weighted by molar-refractivity contribution is 5.88. The summed E-state index contributed by atoms with van der Waals surface area (Å²) in [7, 11) is 0. The Hall–Kier alpha value is -2.37. The smallest absolute Gasteiger partial charge is 0.224 e. The van der Waals surface area contributed by atoms with Crippen LogP contribution in [0.25, 0.3) is 0 Å². The van der Waals surface area contributed by atoms with Crippen molar-refractivity contribution in [2.24, 2.45) is 11.1 Å². The van der Waals surface area contributed by atoms with E-state index in [0.29, 0.717) is 5.95 Å². The third kappa shape index (κ3) is 1.41. The van der Waals surface area contributed by atoms with Crippen LogP contribution in [0.15, 0.2) is 41.8 Å². The number of hydrogen-bond donors (Lipinski definition) is 1. The summed E-state index contributed by atoms with van der Waals surface area (Å²) in [5, 5.41) is 11.8. The van der Waals surface area contributed by atoms with Crippen LogP contribution in [0.2, 0.25) is 0 Å². The van der Waals surface area contributed by atoms with Gasteiger partial charge in [-0.3, -0.25) is 0 Å². The summed E-state index contributed by atoms with van der Waals surface area (Å²) in [6.45, 7) is 4.00. The van der Waals surface area contributed by atoms with E-state index in [0.717, 1.165) is 5.71 Å². The lowest BCUT2D eigenvalue weighted by Gasteiger charge is -2.40. The lowest BCUT2D eigenvalue weighted by atomic mass is 9.81. The monoisotopic (exact) mass is 269 g/mol. The maximum absolute atomic E-state index is 5.63. The third-order valence-corrected chi connectivity index (χ3v) is 4.08. The molecular formula is C14H15N5O. The van der Waals surface area contributed by atoms with Gasteiger partial charge in [-0.2, -0.15) is 10.1 Å². The minimum Gasteiger partial charge on any atom is -0.367 e. The molecular weight excluding hydrogens is 254 g/mol. The molecule has 0 unspecified atom stereocenters. The SMILES string of the molecule is CC1=NO[C@]2(C)Nc3ncnn3[C@@H](c3ccccc3)[C@H]12. The number of aromatic nitrogens is 3. The molecule has 102 valence electrons. The molecule has 2 aromatic rings. The van der Waals surface area contributed by atoms with E-state index in [1.165, 1.54) is 5.56 Å². The van der Waals surface area contributed by atoms with Crippen molar-refractivity contribution < 1.29 is 4.84 Å². The summed E-state index contributed by atoms with van der Waals surface area (Å²) < 4.78 is 1.91. The highest BCUT2D eigenvalue weighted by Crippen LogP contribution is 2.45. The second-order valence-corrected chi connectivity index (χ2v) is 5.42. The predicted octanol–water partition coefficient (Wildman–Crippen LogP) is 2.03. The van der Waals surface area contributed by atoms with E-state index >= 15 is 0 Å². The van der Waals surface area contributed by atoms with Gasteiger partial charge in [0.25, 0.3) is 0 Å². The van der Waals surface area contributed by atoms with E-state index in [-0.39, 0.29) is 12.0 Å². The van der Waals surface area contributed by atoms with Gasteiger partial charge in [0, 0.05) is 0 Å². The predicted molar refractivity (Wildman–Crippen MR) is 74.3 cm³/mol. The number of fused-ring (bicyclic) bond motifs is 2. The van der Waals surface area contributed by atoms with Crippen molar-refractivity contribution >= 4 is 11.7 Å². The molecule has 3 heterocycles. The van der Waals surface area contributed by atoms with Crippen molar-refractivity contribution in [3.63, 3.8) is 0 Å². The first-order valence-electron chi connectivity index (χ1n) is 6.64. The van der Waals surface area contributed by atoms with Gasteiger partial charge in [-0.25, -0.2) is 4.68 Å². The molecule has 0 amide bonds. The standard InChI is InChI=1S/C14H15N5O/c1-9-11-12(10-6-4-3-5-7-10)19-13(15-8-16-19)17-14(11,2)20-18-9/h3-8,11-12H,1-2H3,(H,15,16,17)/t11-,12-,14-/m0/s1. The van der Waals surface area contributed by atoms with E-state index < -0.39 is 5.72 Å². The largest absolute Gasteiger partial charge is 0.367 e. The lowest BCUT2D eigenvalue weighted by molar-refractivity contribution is -0.0234. The first kappa shape index (κ1) is 11.5. The highest BCUT2D eigenvalue weighted by atomic mass is 16.7. The summed E-state index contributed by atoms with van der Waals surface area (Å²) in [5.41, 5.74) is 1.57. The van der Waals surface area contributed by atoms with Crippen molar-refractivity contribution in [3.8, 4) is 0 Å². The Morgan fingerprint density at radius 2 is 2.10 bits per heavy atom. The zero-order valence-electron chi connectivity index (χ0n) is 11.3. The van der Waals surface area contributed by atoms with Gasteiger partial charge in [0.05, 0.1) is 17.7 Å². The van der Waals surface area contributed by atoms with Gasteiger partial charge in [-0.05, 0) is 19.4 Å². The van der Waals surface area contributed by atoms with Gasteiger partial charge in [0.2, 0.25) is 11.7 Å². The van der Waals surface area contributed by atoms with Gasteiger partial charge in [-0.15, -0.1) is 0 Å². The van der Waals surface area contributed by atoms with Crippen LogP contribution in [0.1, 0.15) is 25.5 Å². The number of hydrogen-bond acceptors (Lipinski definition) is 5. The number of oxime groups is 1. The van der Waals surface area contributed by atoms with Gasteiger partial charge in [0.1, 0.15) is 6.33 Å². The van der Waals surface area contributed by atoms with Crippen molar-refractivity contribution in [2.75, 3.05) is 5.32 Å². The van der Waals surface area contributed by atoms with Crippen LogP contribution in [0.4, 0.5) is 5.95 Å². The molecule has 6 nitrogen and oxygen atoms in total. The summed E-state index contributed by atoms with van der Waals surface area (Å²) >= 11 is 0. The van der Waals surface area contributed by atoms with E-state index in [1.807, 2.05) is 36.7 Å². The van der Waals surface area contributed by atoms with Crippen LogP contribution in [0, 0.1) is 5.92 Å². The molecule has 3 atom stereocenters. The number of anilines is 1. The van der Waals surface area contributed by atoms with Crippen LogP contribution < -0.4 is 5.32 Å². The van der Waals surface area contributed by atoms with Crippen molar-refractivity contribution in [2.45, 2.75) is 25.6 Å². The van der Waals surface area contributed by atoms with Crippen LogP contribution in [0.3, 0.4) is 0 Å². The fraction of sp³-hybridized carbons (Fsp3) is 0.357. The number of nitrogens with zero attached hydrogens (tertiary/aromatic N) is 4. The second kappa shape index (κ2) is 3.82. The number of nitrogens with one attached hydrogen (secondary N) is 1. The van der Waals surface area contributed by atoms with Crippen molar-refractivity contribution in [3.05, 3.63) is 42.2 Å². The summed E-state index contributed by atoms with van der Waals surface area (Å²) in [5.74, 6) is 0.793. The van der Waals surface area contributed by atoms with Crippen LogP contribution in [-0.2, 0) is 4.84 Å². The van der Waals surface area contributed by atoms with Gasteiger partial charge >= 0.3 is 0 Å². The third-order valence-electron chi connectivity index (χ3n) is 4.08. The minimum absolute atomic E-state index is 0.0335. The molecule has 0 aliphatic carbocycles. The highest BCUT2D eigenvalue weighted by Gasteiger charge is 2.53. The maximum atomic E-state index is 5.63. The fourth-order valence-corrected chi connectivity index (χ4v) is 3.20. The maximum Gasteiger partial charge on any atom is 0.224 e. The van der Waals surface area contributed by atoms with Crippen molar-refractivity contribution in [1.29, 1.82) is 0 Å². The molecule has 0 radical (unpaired) electrons. The van der Waals surface area contributed by atoms with E-state index in [2.05, 4.69) is 32.7 Å². The Bertz CT molecular complexity index is 680. The molecule has 2 aliphatic rings. The molecule has 0 saturated carbocycles. The molecule has 20 heavy (non-hydrogen) atoms. The molecule has 2 aliphatic heterocycles. The van der Waals surface area contributed by atoms with E-state index in [1.54, 1.807) is 6.33 Å². The molecule has 4 rings (SSSR count). The zero-order valence-corrected chi connectivity index (χ0v) is 11.3. The average Bonchev–Trinajstić information content (AvgIpc) is 3.02. The van der Waals surface area contributed by atoms with Crippen LogP contribution >= 0.6 is 0 Å². The molecule has 1 aromatic carbocycles. The average molecular weight is 269 g/mol. The topological polar surface area (TPSA) is 64.3 Å². The Labute approximate surface area is 116 Å². The van der Waals surface area contributed by atoms with Gasteiger partial charge < -0.3 is 10.2 Å². The first-order valence-corrected chi connectivity index (χ1v) is 6.64. The first-order chi connectivity index (χ1) is 9.69. The number of rotatable bonds is 1. The Balaban J connectivity index is 1.92. The van der Waals surface area contributed by atoms with Gasteiger partial charge in [0.15, 0.2) is 0 Å². The summed E-state index contributed by atoms with van der Waals surface area (Å²) in [6, 6.07) is 10.3. The summed E-state index contributed by atoms with van der Waals surface area (Å²) in [6.07, 6.45) is 1.56. The van der Waals surface area contributed by atoms with E-state index in [9.17, 15) is 0 Å². The second-order valence-electron chi connectivity index (χ2n) is 5.42. The van der Waals surface area contributed by atoms with Crippen molar-refractivity contribution in [1.82, 2.24) is 14.8 Å². The summed E-state index contributed by atoms with van der Waals surface area (Å²) in [4.78, 5) is 9.90. The minimum atomic E-state index is -0.576. The Morgan fingerprint density at radius 1 is 1.30 bits per heavy atom. The molecule has 1 N–H and O–H groups in total. The lowest BCUT2D eigenvalue weighted by Crippen LogP contribution is -2.52. The molecule has 6 heteroatoms. The van der Waals surface area contributed by atoms with Gasteiger partial charge in [-0.1, -0.05) is 35.5 Å². The number of benzene rings is 1. The zero-order chi connectivity index (χ0) is 13.7. The quantitative estimate of drug-likeness (QED) is 0.860. The molecule has 0 saturated heterocycles. The van der Waals surface area contributed by atoms with Crippen LogP contribution in [-0.4, -0.2) is 26.2 Å². The van der Waals surface area contributed by atoms with Crippen LogP contribution in [0.5, 0.6) is 0 Å². The van der Waals surface area contributed by atoms with E-state index in [4.69, 9.17) is 4.84 Å². The normalized spacial score (nSPS) is 30.8. The molecule has 0 bridgehead atoms. The molecule has 0 fully saturated rings. The molecule has 1 aromatic heterocycles. The Morgan fingerprint density at radius 3 is 2.90 bits per heavy atom.